The molecule has 1 saturated heterocycles. The molecule has 0 bridgehead atoms. The minimum Gasteiger partial charge on any atom is -0.453 e. The van der Waals surface area contributed by atoms with Gasteiger partial charge in [-0.05, 0) is 26.5 Å². The molecule has 8 nitrogen and oxygen atoms in total. The summed E-state index contributed by atoms with van der Waals surface area (Å²) in [6, 6.07) is 42.8. The van der Waals surface area contributed by atoms with Crippen molar-refractivity contribution >= 4 is 18.7 Å². The Bertz CT molecular complexity index is 1850. The SMILES string of the molecule is CC(C)(C)[Si](OC[C@]1(COCc2ccccc2)O[C@@H]2[C@@H](Oc3nc(=O)ccn32)[C@@H]1OCc1ccccc1)(c1ccccc1)c1ccccc1. The van der Waals surface area contributed by atoms with Crippen molar-refractivity contribution in [2.24, 2.45) is 0 Å². The van der Waals surface area contributed by atoms with Crippen molar-refractivity contribution in [2.75, 3.05) is 13.2 Å². The molecule has 4 aromatic carbocycles. The number of hydrogen-bond donors (Lipinski definition) is 0. The molecule has 49 heavy (non-hydrogen) atoms. The Balaban J connectivity index is 1.31. The van der Waals surface area contributed by atoms with Gasteiger partial charge in [-0.15, -0.1) is 0 Å². The zero-order chi connectivity index (χ0) is 33.9. The second kappa shape index (κ2) is 13.9. The Labute approximate surface area is 288 Å². The van der Waals surface area contributed by atoms with Crippen molar-refractivity contribution in [3.63, 3.8) is 0 Å². The van der Waals surface area contributed by atoms with Crippen molar-refractivity contribution in [3.8, 4) is 6.01 Å². The van der Waals surface area contributed by atoms with Crippen LogP contribution in [-0.4, -0.2) is 48.9 Å². The first-order chi connectivity index (χ1) is 23.8. The van der Waals surface area contributed by atoms with E-state index in [0.29, 0.717) is 13.2 Å². The molecule has 0 amide bonds. The summed E-state index contributed by atoms with van der Waals surface area (Å²) in [5.74, 6) is 0. The van der Waals surface area contributed by atoms with Gasteiger partial charge in [0.2, 0.25) is 0 Å². The quantitative estimate of drug-likeness (QED) is 0.158. The van der Waals surface area contributed by atoms with Gasteiger partial charge in [-0.25, -0.2) is 0 Å². The smallest absolute Gasteiger partial charge is 0.302 e. The molecule has 2 aliphatic heterocycles. The van der Waals surface area contributed by atoms with Gasteiger partial charge in [0.05, 0.1) is 26.4 Å². The highest BCUT2D eigenvalue weighted by Gasteiger charge is 2.63. The first kappa shape index (κ1) is 33.1. The van der Waals surface area contributed by atoms with E-state index in [2.05, 4.69) is 74.3 Å². The maximum absolute atomic E-state index is 12.2. The molecule has 252 valence electrons. The van der Waals surface area contributed by atoms with Crippen molar-refractivity contribution < 1.29 is 23.4 Å². The molecule has 2 aliphatic rings. The van der Waals surface area contributed by atoms with E-state index in [-0.39, 0.29) is 29.8 Å². The third-order valence-corrected chi connectivity index (χ3v) is 14.4. The fraction of sp³-hybridized carbons (Fsp3) is 0.300. The summed E-state index contributed by atoms with van der Waals surface area (Å²) < 4.78 is 36.2. The molecule has 7 rings (SSSR count). The van der Waals surface area contributed by atoms with E-state index in [1.807, 2.05) is 72.8 Å². The highest BCUT2D eigenvalue weighted by Crippen LogP contribution is 2.47. The molecule has 0 aliphatic carbocycles. The Morgan fingerprint density at radius 1 is 0.755 bits per heavy atom. The fourth-order valence-electron chi connectivity index (χ4n) is 7.15. The van der Waals surface area contributed by atoms with Crippen LogP contribution in [0.2, 0.25) is 5.04 Å². The Kier molecular flexibility index (Phi) is 9.37. The van der Waals surface area contributed by atoms with Gasteiger partial charge in [0, 0.05) is 12.3 Å². The summed E-state index contributed by atoms with van der Waals surface area (Å²) in [5, 5.41) is 2.07. The van der Waals surface area contributed by atoms with Crippen LogP contribution >= 0.6 is 0 Å². The summed E-state index contributed by atoms with van der Waals surface area (Å²) in [4.78, 5) is 16.3. The minimum absolute atomic E-state index is 0.174. The highest BCUT2D eigenvalue weighted by molar-refractivity contribution is 6.99. The van der Waals surface area contributed by atoms with Crippen molar-refractivity contribution in [1.29, 1.82) is 0 Å². The van der Waals surface area contributed by atoms with Gasteiger partial charge in [-0.1, -0.05) is 142 Å². The van der Waals surface area contributed by atoms with Crippen LogP contribution in [0.3, 0.4) is 0 Å². The second-order valence-corrected chi connectivity index (χ2v) is 18.1. The molecular weight excluding hydrogens is 633 g/mol. The average molecular weight is 675 g/mol. The van der Waals surface area contributed by atoms with Gasteiger partial charge in [-0.2, -0.15) is 4.98 Å². The molecule has 5 aromatic rings. The van der Waals surface area contributed by atoms with Crippen LogP contribution in [-0.2, 0) is 31.9 Å². The summed E-state index contributed by atoms with van der Waals surface area (Å²) in [6.07, 6.45) is -0.162. The number of nitrogens with zero attached hydrogens (tertiary/aromatic N) is 2. The summed E-state index contributed by atoms with van der Waals surface area (Å²) in [7, 11) is -2.99. The van der Waals surface area contributed by atoms with E-state index in [1.54, 1.807) is 10.8 Å². The van der Waals surface area contributed by atoms with Gasteiger partial charge >= 0.3 is 6.01 Å². The third kappa shape index (κ3) is 6.52. The first-order valence-electron chi connectivity index (χ1n) is 16.7. The van der Waals surface area contributed by atoms with Gasteiger partial charge in [0.25, 0.3) is 13.9 Å². The molecule has 1 fully saturated rings. The largest absolute Gasteiger partial charge is 0.453 e. The van der Waals surface area contributed by atoms with Crippen LogP contribution in [0.5, 0.6) is 6.01 Å². The van der Waals surface area contributed by atoms with Crippen LogP contribution in [0.15, 0.2) is 138 Å². The lowest BCUT2D eigenvalue weighted by molar-refractivity contribution is -0.174. The predicted molar refractivity (Wildman–Crippen MR) is 190 cm³/mol. The first-order valence-corrected chi connectivity index (χ1v) is 18.7. The number of hydrogen-bond acceptors (Lipinski definition) is 7. The van der Waals surface area contributed by atoms with Crippen molar-refractivity contribution in [1.82, 2.24) is 9.55 Å². The molecule has 1 aromatic heterocycles. The molecule has 4 atom stereocenters. The number of rotatable bonds is 12. The molecule has 0 unspecified atom stereocenters. The maximum atomic E-state index is 12.2. The van der Waals surface area contributed by atoms with Crippen LogP contribution in [0.25, 0.3) is 0 Å². The lowest BCUT2D eigenvalue weighted by Crippen LogP contribution is -2.68. The zero-order valence-electron chi connectivity index (χ0n) is 28.1. The van der Waals surface area contributed by atoms with E-state index in [0.717, 1.165) is 21.5 Å². The third-order valence-electron chi connectivity index (χ3n) is 9.45. The summed E-state index contributed by atoms with van der Waals surface area (Å²) >= 11 is 0. The van der Waals surface area contributed by atoms with E-state index >= 15 is 0 Å². The summed E-state index contributed by atoms with van der Waals surface area (Å²) in [5.41, 5.74) is 0.599. The van der Waals surface area contributed by atoms with Gasteiger partial charge in [-0.3, -0.25) is 9.36 Å². The number of benzene rings is 4. The van der Waals surface area contributed by atoms with E-state index in [1.165, 1.54) is 6.07 Å². The van der Waals surface area contributed by atoms with Crippen LogP contribution in [0.1, 0.15) is 38.1 Å². The van der Waals surface area contributed by atoms with Crippen LogP contribution < -0.4 is 20.7 Å². The fourth-order valence-corrected chi connectivity index (χ4v) is 11.8. The number of fused-ring (bicyclic) bond motifs is 3. The van der Waals surface area contributed by atoms with E-state index < -0.39 is 32.4 Å². The van der Waals surface area contributed by atoms with Gasteiger partial charge in [0.15, 0.2) is 12.3 Å². The van der Waals surface area contributed by atoms with E-state index in [4.69, 9.17) is 23.4 Å². The standard InChI is InChI=1S/C40H42N2O6Si/c1-39(2,3)49(32-20-12-6-13-21-32,33-22-14-7-15-23-33)46-29-40(28-44-26-30-16-8-4-9-17-30)36(45-27-31-18-10-5-11-19-31)35-37(48-40)42-25-24-34(43)41-38(42)47-35/h4-25,35-37H,26-29H2,1-3H3/t35-,36-,37+,40-/m0/s1. The normalized spacial score (nSPS) is 21.6. The Morgan fingerprint density at radius 3 is 1.88 bits per heavy atom. The van der Waals surface area contributed by atoms with Crippen LogP contribution in [0, 0.1) is 0 Å². The molecule has 9 heteroatoms. The molecular formula is C40H42N2O6Si. The molecule has 3 heterocycles. The van der Waals surface area contributed by atoms with Crippen LogP contribution in [0.4, 0.5) is 0 Å². The average Bonchev–Trinajstić information content (AvgIpc) is 3.60. The lowest BCUT2D eigenvalue weighted by Gasteiger charge is -2.45. The van der Waals surface area contributed by atoms with Gasteiger partial charge in [0.1, 0.15) is 11.7 Å². The zero-order valence-corrected chi connectivity index (χ0v) is 29.1. The Hall–Kier alpha value is -4.38. The summed E-state index contributed by atoms with van der Waals surface area (Å²) in [6.45, 7) is 7.83. The van der Waals surface area contributed by atoms with E-state index in [9.17, 15) is 4.79 Å². The minimum atomic E-state index is -2.99. The molecule has 0 saturated carbocycles. The second-order valence-electron chi connectivity index (χ2n) is 13.8. The molecule has 0 N–H and O–H groups in total. The number of aromatic nitrogens is 2. The lowest BCUT2D eigenvalue weighted by atomic mass is 9.96. The number of ether oxygens (including phenoxy) is 4. The van der Waals surface area contributed by atoms with Crippen molar-refractivity contribution in [3.05, 3.63) is 155 Å². The van der Waals surface area contributed by atoms with Crippen molar-refractivity contribution in [2.45, 2.75) is 63.1 Å². The molecule has 0 radical (unpaired) electrons. The predicted octanol–water partition coefficient (Wildman–Crippen LogP) is 5.65. The highest BCUT2D eigenvalue weighted by atomic mass is 28.4. The van der Waals surface area contributed by atoms with Gasteiger partial charge < -0.3 is 23.4 Å². The Morgan fingerprint density at radius 2 is 1.31 bits per heavy atom. The maximum Gasteiger partial charge on any atom is 0.302 e. The molecule has 0 spiro atoms. The monoisotopic (exact) mass is 674 g/mol. The topological polar surface area (TPSA) is 81.0 Å².